The number of hydrogen-bond acceptors (Lipinski definition) is 5. The third kappa shape index (κ3) is 4.49. The first-order valence-electron chi connectivity index (χ1n) is 8.66. The van der Waals surface area contributed by atoms with E-state index in [0.29, 0.717) is 12.4 Å². The van der Waals surface area contributed by atoms with Gasteiger partial charge in [-0.3, -0.25) is 10.1 Å². The Labute approximate surface area is 158 Å². The number of nitrogens with zero attached hydrogens (tertiary/aromatic N) is 4. The number of guanidine groups is 1. The molecule has 0 unspecified atom stereocenters. The summed E-state index contributed by atoms with van der Waals surface area (Å²) in [5.41, 5.74) is 0.951. The molecule has 0 saturated carbocycles. The van der Waals surface area contributed by atoms with Gasteiger partial charge in [-0.1, -0.05) is 0 Å². The van der Waals surface area contributed by atoms with E-state index in [1.807, 2.05) is 43.1 Å². The Bertz CT molecular complexity index is 755. The van der Waals surface area contributed by atoms with Crippen LogP contribution in [0.1, 0.15) is 19.7 Å². The number of aromatic nitrogens is 3. The summed E-state index contributed by atoms with van der Waals surface area (Å²) in [6, 6.07) is 7.71. The monoisotopic (exact) mass is 374 g/mol. The van der Waals surface area contributed by atoms with Gasteiger partial charge in [-0.15, -0.1) is 0 Å². The Kier molecular flexibility index (Phi) is 5.70. The molecule has 0 spiro atoms. The summed E-state index contributed by atoms with van der Waals surface area (Å²) in [6.07, 6.45) is 0. The van der Waals surface area contributed by atoms with Gasteiger partial charge in [0.2, 0.25) is 0 Å². The molecule has 1 aliphatic heterocycles. The van der Waals surface area contributed by atoms with Gasteiger partial charge in [0.25, 0.3) is 0 Å². The maximum absolute atomic E-state index is 5.18. The molecule has 2 aromatic rings. The van der Waals surface area contributed by atoms with Gasteiger partial charge in [0.15, 0.2) is 11.8 Å². The van der Waals surface area contributed by atoms with E-state index in [2.05, 4.69) is 44.2 Å². The third-order valence-corrected chi connectivity index (χ3v) is 5.53. The average molecular weight is 375 g/mol. The van der Waals surface area contributed by atoms with Crippen molar-refractivity contribution in [2.75, 3.05) is 33.0 Å². The number of hydrogen-bond donors (Lipinski definition) is 2. The summed E-state index contributed by atoms with van der Waals surface area (Å²) in [5, 5.41) is 10.7. The quantitative estimate of drug-likeness (QED) is 0.632. The molecule has 140 valence electrons. The molecule has 0 radical (unpaired) electrons. The van der Waals surface area contributed by atoms with E-state index in [0.717, 1.165) is 41.9 Å². The van der Waals surface area contributed by atoms with Crippen LogP contribution in [-0.4, -0.2) is 63.8 Å². The Morgan fingerprint density at radius 2 is 2.15 bits per heavy atom. The molecule has 3 rings (SSSR count). The molecule has 26 heavy (non-hydrogen) atoms. The summed E-state index contributed by atoms with van der Waals surface area (Å²) >= 11 is 2.01. The van der Waals surface area contributed by atoms with Gasteiger partial charge in [0.1, 0.15) is 11.6 Å². The molecule has 1 saturated heterocycles. The summed E-state index contributed by atoms with van der Waals surface area (Å²) in [7, 11) is 3.47. The normalized spacial score (nSPS) is 17.2. The van der Waals surface area contributed by atoms with Crippen LogP contribution in [0.25, 0.3) is 11.4 Å². The van der Waals surface area contributed by atoms with Crippen LogP contribution in [0, 0.1) is 0 Å². The van der Waals surface area contributed by atoms with Crippen molar-refractivity contribution < 1.29 is 4.74 Å². The maximum atomic E-state index is 5.18. The smallest absolute Gasteiger partial charge is 0.194 e. The van der Waals surface area contributed by atoms with Crippen LogP contribution in [0.5, 0.6) is 5.75 Å². The van der Waals surface area contributed by atoms with Crippen molar-refractivity contribution in [3.63, 3.8) is 0 Å². The zero-order valence-corrected chi connectivity index (χ0v) is 16.6. The molecule has 2 heterocycles. The zero-order valence-electron chi connectivity index (χ0n) is 15.7. The van der Waals surface area contributed by atoms with E-state index >= 15 is 0 Å². The Morgan fingerprint density at radius 1 is 1.38 bits per heavy atom. The molecule has 7 nitrogen and oxygen atoms in total. The topological polar surface area (TPSA) is 78.4 Å². The second-order valence-electron chi connectivity index (χ2n) is 6.76. The lowest BCUT2D eigenvalue weighted by atomic mass is 10.2. The van der Waals surface area contributed by atoms with Gasteiger partial charge in [-0.2, -0.15) is 16.9 Å². The van der Waals surface area contributed by atoms with Crippen molar-refractivity contribution in [2.24, 2.45) is 4.99 Å². The van der Waals surface area contributed by atoms with Crippen molar-refractivity contribution in [2.45, 2.75) is 25.1 Å². The van der Waals surface area contributed by atoms with Crippen LogP contribution in [0.4, 0.5) is 0 Å². The van der Waals surface area contributed by atoms with Crippen molar-refractivity contribution in [3.05, 3.63) is 30.1 Å². The first-order chi connectivity index (χ1) is 12.5. The summed E-state index contributed by atoms with van der Waals surface area (Å²) in [5.74, 6) is 4.29. The van der Waals surface area contributed by atoms with E-state index in [1.165, 1.54) is 0 Å². The van der Waals surface area contributed by atoms with Crippen molar-refractivity contribution in [3.8, 4) is 17.1 Å². The molecule has 1 aliphatic rings. The molecule has 0 amide bonds. The number of nitrogens with one attached hydrogen (secondary N) is 2. The summed E-state index contributed by atoms with van der Waals surface area (Å²) in [4.78, 5) is 11.3. The van der Waals surface area contributed by atoms with E-state index < -0.39 is 0 Å². The lowest BCUT2D eigenvalue weighted by Gasteiger charge is -2.39. The molecule has 0 bridgehead atoms. The second kappa shape index (κ2) is 7.99. The predicted octanol–water partition coefficient (Wildman–Crippen LogP) is 2.38. The predicted molar refractivity (Wildman–Crippen MR) is 107 cm³/mol. The van der Waals surface area contributed by atoms with Crippen LogP contribution in [0.15, 0.2) is 29.3 Å². The Balaban J connectivity index is 1.61. The maximum Gasteiger partial charge on any atom is 0.194 e. The van der Waals surface area contributed by atoms with Crippen molar-refractivity contribution in [1.29, 1.82) is 0 Å². The molecule has 1 aromatic heterocycles. The van der Waals surface area contributed by atoms with Gasteiger partial charge in [0.05, 0.1) is 13.7 Å². The summed E-state index contributed by atoms with van der Waals surface area (Å²) < 4.78 is 5.42. The number of methoxy groups -OCH3 is 1. The average Bonchev–Trinajstić information content (AvgIpc) is 3.10. The molecule has 1 aromatic carbocycles. The molecule has 8 heteroatoms. The first kappa shape index (κ1) is 18.6. The highest BCUT2D eigenvalue weighted by Crippen LogP contribution is 2.29. The highest BCUT2D eigenvalue weighted by atomic mass is 32.2. The first-order valence-corrected chi connectivity index (χ1v) is 9.64. The fourth-order valence-electron chi connectivity index (χ4n) is 2.94. The molecule has 2 N–H and O–H groups in total. The van der Waals surface area contributed by atoms with E-state index in [4.69, 9.17) is 4.74 Å². The SMILES string of the molecule is CN=C(NCc1nc(-c2ccc(OC)cc2)n[nH]1)N1CCSC(C)(C)C1. The highest BCUT2D eigenvalue weighted by molar-refractivity contribution is 8.00. The molecule has 0 atom stereocenters. The van der Waals surface area contributed by atoms with Crippen LogP contribution in [0.3, 0.4) is 0 Å². The van der Waals surface area contributed by atoms with Gasteiger partial charge in [-0.05, 0) is 38.1 Å². The number of benzene rings is 1. The Hall–Kier alpha value is -2.22. The van der Waals surface area contributed by atoms with Gasteiger partial charge in [0, 0.05) is 36.2 Å². The molecule has 0 aliphatic carbocycles. The molecule has 1 fully saturated rings. The lowest BCUT2D eigenvalue weighted by molar-refractivity contribution is 0.375. The number of aliphatic imine (C=N–C) groups is 1. The van der Waals surface area contributed by atoms with Crippen LogP contribution >= 0.6 is 11.8 Å². The Morgan fingerprint density at radius 3 is 2.81 bits per heavy atom. The largest absolute Gasteiger partial charge is 0.497 e. The number of ether oxygens (including phenoxy) is 1. The van der Waals surface area contributed by atoms with Crippen LogP contribution in [-0.2, 0) is 6.54 Å². The second-order valence-corrected chi connectivity index (χ2v) is 8.57. The number of rotatable bonds is 4. The van der Waals surface area contributed by atoms with Crippen LogP contribution < -0.4 is 10.1 Å². The zero-order chi connectivity index (χ0) is 18.6. The van der Waals surface area contributed by atoms with Gasteiger partial charge >= 0.3 is 0 Å². The van der Waals surface area contributed by atoms with E-state index in [-0.39, 0.29) is 4.75 Å². The minimum Gasteiger partial charge on any atom is -0.497 e. The van der Waals surface area contributed by atoms with Crippen LogP contribution in [0.2, 0.25) is 0 Å². The highest BCUT2D eigenvalue weighted by Gasteiger charge is 2.28. The standard InChI is InChI=1S/C18H26N6OS/c1-18(2)12-24(9-10-26-18)17(19-3)20-11-15-21-16(23-22-15)13-5-7-14(25-4)8-6-13/h5-8H,9-12H2,1-4H3,(H,19,20)(H,21,22,23). The van der Waals surface area contributed by atoms with E-state index in [1.54, 1.807) is 7.11 Å². The van der Waals surface area contributed by atoms with Crippen molar-refractivity contribution >= 4 is 17.7 Å². The third-order valence-electron chi connectivity index (χ3n) is 4.23. The van der Waals surface area contributed by atoms with Gasteiger partial charge in [-0.25, -0.2) is 4.98 Å². The van der Waals surface area contributed by atoms with Gasteiger partial charge < -0.3 is 15.0 Å². The number of H-pyrrole nitrogens is 1. The van der Waals surface area contributed by atoms with Crippen molar-refractivity contribution in [1.82, 2.24) is 25.4 Å². The molecular weight excluding hydrogens is 348 g/mol. The van der Waals surface area contributed by atoms with E-state index in [9.17, 15) is 0 Å². The minimum absolute atomic E-state index is 0.240. The fraction of sp³-hybridized carbons (Fsp3) is 0.500. The number of thioether (sulfide) groups is 1. The minimum atomic E-state index is 0.240. The molecular formula is C18H26N6OS. The fourth-order valence-corrected chi connectivity index (χ4v) is 4.05. The number of aromatic amines is 1. The summed E-state index contributed by atoms with van der Waals surface area (Å²) in [6.45, 7) is 7.08. The lowest BCUT2D eigenvalue weighted by Crippen LogP contribution is -2.50.